The van der Waals surface area contributed by atoms with Crippen LogP contribution < -0.4 is 10.6 Å². The van der Waals surface area contributed by atoms with Gasteiger partial charge in [0.05, 0.1) is 12.3 Å². The fourth-order valence-electron chi connectivity index (χ4n) is 3.58. The Hall–Kier alpha value is -2.85. The largest absolute Gasteiger partial charge is 0.508 e. The molecule has 0 aliphatic heterocycles. The molecule has 1 aliphatic rings. The van der Waals surface area contributed by atoms with Crippen LogP contribution in [-0.2, 0) is 6.42 Å². The molecule has 0 saturated heterocycles. The van der Waals surface area contributed by atoms with Crippen LogP contribution in [0.4, 0.5) is 11.8 Å². The number of aliphatic hydroxyl groups is 1. The molecular formula is C21H27N5O2. The highest BCUT2D eigenvalue weighted by molar-refractivity contribution is 5.54. The Morgan fingerprint density at radius 1 is 1.25 bits per heavy atom. The first-order valence-corrected chi connectivity index (χ1v) is 9.61. The van der Waals surface area contributed by atoms with Gasteiger partial charge >= 0.3 is 0 Å². The number of phenols is 1. The van der Waals surface area contributed by atoms with Gasteiger partial charge in [-0.05, 0) is 48.8 Å². The minimum Gasteiger partial charge on any atom is -0.508 e. The van der Waals surface area contributed by atoms with E-state index in [1.54, 1.807) is 12.1 Å². The quantitative estimate of drug-likeness (QED) is 0.608. The number of nitrogens with one attached hydrogen (secondary N) is 2. The van der Waals surface area contributed by atoms with Gasteiger partial charge in [0.15, 0.2) is 0 Å². The van der Waals surface area contributed by atoms with Crippen LogP contribution in [-0.4, -0.2) is 38.9 Å². The van der Waals surface area contributed by atoms with Gasteiger partial charge in [0.25, 0.3) is 0 Å². The van der Waals surface area contributed by atoms with Crippen LogP contribution in [0.15, 0.2) is 30.5 Å². The number of aromatic nitrogens is 2. The third-order valence-electron chi connectivity index (χ3n) is 5.35. The van der Waals surface area contributed by atoms with E-state index in [9.17, 15) is 15.5 Å². The Bertz CT molecular complexity index is 845. The molecule has 1 heterocycles. The molecule has 1 aromatic heterocycles. The normalized spacial score (nSPS) is 20.9. The van der Waals surface area contributed by atoms with E-state index >= 15 is 0 Å². The summed E-state index contributed by atoms with van der Waals surface area (Å²) in [5.74, 6) is 1.25. The Kier molecular flexibility index (Phi) is 6.00. The lowest BCUT2D eigenvalue weighted by molar-refractivity contribution is 0.00926. The molecule has 148 valence electrons. The van der Waals surface area contributed by atoms with Gasteiger partial charge in [-0.1, -0.05) is 26.0 Å². The molecule has 1 aliphatic carbocycles. The molecule has 3 rings (SSSR count). The second-order valence-electron chi connectivity index (χ2n) is 8.04. The predicted octanol–water partition coefficient (Wildman–Crippen LogP) is 3.06. The van der Waals surface area contributed by atoms with Gasteiger partial charge in [0, 0.05) is 12.6 Å². The van der Waals surface area contributed by atoms with Crippen LogP contribution in [0.5, 0.6) is 5.75 Å². The first-order chi connectivity index (χ1) is 13.4. The molecule has 0 bridgehead atoms. The molecule has 0 unspecified atom stereocenters. The molecule has 7 heteroatoms. The number of nitrogens with zero attached hydrogens (tertiary/aromatic N) is 3. The molecule has 28 heavy (non-hydrogen) atoms. The van der Waals surface area contributed by atoms with Crippen molar-refractivity contribution in [1.82, 2.24) is 9.97 Å². The molecule has 7 nitrogen and oxygen atoms in total. The van der Waals surface area contributed by atoms with Crippen LogP contribution in [0.3, 0.4) is 0 Å². The number of anilines is 2. The van der Waals surface area contributed by atoms with Crippen molar-refractivity contribution in [1.29, 1.82) is 5.26 Å². The average molecular weight is 381 g/mol. The zero-order valence-corrected chi connectivity index (χ0v) is 16.3. The van der Waals surface area contributed by atoms with E-state index < -0.39 is 0 Å². The molecule has 1 aromatic carbocycles. The van der Waals surface area contributed by atoms with Crippen molar-refractivity contribution in [3.8, 4) is 11.8 Å². The van der Waals surface area contributed by atoms with E-state index in [4.69, 9.17) is 0 Å². The van der Waals surface area contributed by atoms with Crippen molar-refractivity contribution in [3.05, 3.63) is 41.6 Å². The van der Waals surface area contributed by atoms with Crippen LogP contribution in [0.2, 0.25) is 0 Å². The molecule has 4 N–H and O–H groups in total. The number of phenolic OH excluding ortho intramolecular Hbond substituents is 1. The smallest absolute Gasteiger partial charge is 0.224 e. The van der Waals surface area contributed by atoms with E-state index in [1.807, 2.05) is 12.1 Å². The Morgan fingerprint density at radius 3 is 2.68 bits per heavy atom. The molecule has 1 fully saturated rings. The first kappa shape index (κ1) is 19.9. The highest BCUT2D eigenvalue weighted by atomic mass is 16.3. The number of hydrogen-bond acceptors (Lipinski definition) is 7. The maximum Gasteiger partial charge on any atom is 0.224 e. The number of rotatable bonds is 6. The zero-order chi connectivity index (χ0) is 20.1. The molecule has 2 atom stereocenters. The van der Waals surface area contributed by atoms with Gasteiger partial charge in [0.1, 0.15) is 23.2 Å². The molecular weight excluding hydrogens is 354 g/mol. The molecule has 0 radical (unpaired) electrons. The molecule has 0 spiro atoms. The van der Waals surface area contributed by atoms with Gasteiger partial charge in [-0.25, -0.2) is 4.98 Å². The number of benzene rings is 1. The fourth-order valence-corrected chi connectivity index (χ4v) is 3.58. The maximum atomic E-state index is 10.1. The van der Waals surface area contributed by atoms with Crippen LogP contribution in [0.25, 0.3) is 0 Å². The van der Waals surface area contributed by atoms with Crippen LogP contribution >= 0.6 is 0 Å². The summed E-state index contributed by atoms with van der Waals surface area (Å²) in [4.78, 5) is 8.72. The van der Waals surface area contributed by atoms with Crippen LogP contribution in [0, 0.1) is 16.7 Å². The standard InChI is InChI=1S/C21H27N5O2/c1-21(2)11-16(5-8-18(21)28)25-19-15(12-22)13-24-20(26-19)23-10-9-14-3-6-17(27)7-4-14/h3-4,6-7,13,16,18,27-28H,5,8-11H2,1-2H3,(H2,23,24,25,26)/t16-,18+/m1/s1. The van der Waals surface area contributed by atoms with Gasteiger partial charge < -0.3 is 20.8 Å². The number of aromatic hydroxyl groups is 1. The summed E-state index contributed by atoms with van der Waals surface area (Å²) in [7, 11) is 0. The topological polar surface area (TPSA) is 114 Å². The summed E-state index contributed by atoms with van der Waals surface area (Å²) in [6.45, 7) is 4.76. The minimum absolute atomic E-state index is 0.158. The number of hydrogen-bond donors (Lipinski definition) is 4. The van der Waals surface area contributed by atoms with Gasteiger partial charge in [-0.3, -0.25) is 0 Å². The first-order valence-electron chi connectivity index (χ1n) is 9.61. The Labute approximate surface area is 165 Å². The van der Waals surface area contributed by atoms with Gasteiger partial charge in [-0.15, -0.1) is 0 Å². The van der Waals surface area contributed by atoms with E-state index in [1.165, 1.54) is 6.20 Å². The lowest BCUT2D eigenvalue weighted by Gasteiger charge is -2.40. The summed E-state index contributed by atoms with van der Waals surface area (Å²) >= 11 is 0. The van der Waals surface area contributed by atoms with Crippen molar-refractivity contribution in [2.75, 3.05) is 17.2 Å². The lowest BCUT2D eigenvalue weighted by atomic mass is 9.73. The summed E-state index contributed by atoms with van der Waals surface area (Å²) in [5.41, 5.74) is 1.34. The summed E-state index contributed by atoms with van der Waals surface area (Å²) < 4.78 is 0. The zero-order valence-electron chi connectivity index (χ0n) is 16.3. The fraction of sp³-hybridized carbons (Fsp3) is 0.476. The number of aliphatic hydroxyl groups excluding tert-OH is 1. The van der Waals surface area contributed by atoms with Crippen molar-refractivity contribution in [3.63, 3.8) is 0 Å². The Balaban J connectivity index is 1.63. The summed E-state index contributed by atoms with van der Waals surface area (Å²) in [6.07, 6.45) is 4.37. The molecule has 1 saturated carbocycles. The van der Waals surface area contributed by atoms with E-state index in [0.717, 1.165) is 31.2 Å². The Morgan fingerprint density at radius 2 is 2.00 bits per heavy atom. The molecule has 0 amide bonds. The third kappa shape index (κ3) is 4.90. The summed E-state index contributed by atoms with van der Waals surface area (Å²) in [6, 6.07) is 9.38. The minimum atomic E-state index is -0.302. The second kappa shape index (κ2) is 8.44. The number of nitriles is 1. The van der Waals surface area contributed by atoms with Crippen LogP contribution in [0.1, 0.15) is 44.2 Å². The SMILES string of the molecule is CC1(C)C[C@H](Nc2nc(NCCc3ccc(O)cc3)ncc2C#N)CC[C@@H]1O. The molecule has 2 aromatic rings. The lowest BCUT2D eigenvalue weighted by Crippen LogP contribution is -2.41. The van der Waals surface area contributed by atoms with Crippen molar-refractivity contribution in [2.45, 2.75) is 51.7 Å². The van der Waals surface area contributed by atoms with Crippen molar-refractivity contribution >= 4 is 11.8 Å². The average Bonchev–Trinajstić information content (AvgIpc) is 2.66. The summed E-state index contributed by atoms with van der Waals surface area (Å²) in [5, 5.41) is 35.4. The maximum absolute atomic E-state index is 10.1. The second-order valence-corrected chi connectivity index (χ2v) is 8.04. The monoisotopic (exact) mass is 381 g/mol. The highest BCUT2D eigenvalue weighted by Crippen LogP contribution is 2.36. The predicted molar refractivity (Wildman–Crippen MR) is 108 cm³/mol. The van der Waals surface area contributed by atoms with Crippen molar-refractivity contribution < 1.29 is 10.2 Å². The van der Waals surface area contributed by atoms with Gasteiger partial charge in [0.2, 0.25) is 5.95 Å². The third-order valence-corrected chi connectivity index (χ3v) is 5.35. The van der Waals surface area contributed by atoms with E-state index in [2.05, 4.69) is 40.5 Å². The van der Waals surface area contributed by atoms with E-state index in [-0.39, 0.29) is 23.3 Å². The highest BCUT2D eigenvalue weighted by Gasteiger charge is 2.35. The van der Waals surface area contributed by atoms with Crippen molar-refractivity contribution in [2.24, 2.45) is 5.41 Å². The van der Waals surface area contributed by atoms with Gasteiger partial charge in [-0.2, -0.15) is 10.2 Å². The van der Waals surface area contributed by atoms with E-state index in [0.29, 0.717) is 23.9 Å².